The molecule has 4 heteroatoms. The standard InChI is InChI=1S/C8H10BrIOS/c1-5-3-6(9)4-7(10)8(5)12(2)11/h4-5H,3H2,1-2H3. The van der Waals surface area contributed by atoms with Gasteiger partial charge < -0.3 is 0 Å². The van der Waals surface area contributed by atoms with Gasteiger partial charge >= 0.3 is 0 Å². The second-order valence-electron chi connectivity index (χ2n) is 2.86. The Labute approximate surface area is 97.4 Å². The molecule has 1 aliphatic rings. The van der Waals surface area contributed by atoms with Crippen molar-refractivity contribution in [1.29, 1.82) is 0 Å². The number of allylic oxidation sites excluding steroid dienone is 4. The first-order valence-corrected chi connectivity index (χ1v) is 7.04. The minimum atomic E-state index is -0.820. The molecule has 0 spiro atoms. The van der Waals surface area contributed by atoms with Gasteiger partial charge in [0.25, 0.3) is 0 Å². The maximum absolute atomic E-state index is 11.3. The van der Waals surface area contributed by atoms with Crippen LogP contribution in [0.5, 0.6) is 0 Å². The summed E-state index contributed by atoms with van der Waals surface area (Å²) in [7, 11) is -0.820. The fourth-order valence-electron chi connectivity index (χ4n) is 1.31. The molecular formula is C8H10BrIOS. The highest BCUT2D eigenvalue weighted by atomic mass is 127. The Morgan fingerprint density at radius 3 is 2.75 bits per heavy atom. The van der Waals surface area contributed by atoms with Crippen LogP contribution in [0.25, 0.3) is 0 Å². The summed E-state index contributed by atoms with van der Waals surface area (Å²) in [6.45, 7) is 2.11. The predicted molar refractivity (Wildman–Crippen MR) is 65.9 cm³/mol. The van der Waals surface area contributed by atoms with Crippen molar-refractivity contribution in [2.45, 2.75) is 13.3 Å². The van der Waals surface area contributed by atoms with Crippen molar-refractivity contribution in [3.8, 4) is 0 Å². The van der Waals surface area contributed by atoms with E-state index >= 15 is 0 Å². The Morgan fingerprint density at radius 2 is 2.33 bits per heavy atom. The van der Waals surface area contributed by atoms with Crippen molar-refractivity contribution in [3.05, 3.63) is 19.0 Å². The van der Waals surface area contributed by atoms with Crippen LogP contribution in [-0.4, -0.2) is 10.5 Å². The maximum atomic E-state index is 11.3. The second kappa shape index (κ2) is 4.37. The molecule has 0 aromatic carbocycles. The van der Waals surface area contributed by atoms with Gasteiger partial charge in [0.05, 0.1) is 0 Å². The lowest BCUT2D eigenvalue weighted by Gasteiger charge is -2.19. The van der Waals surface area contributed by atoms with Crippen molar-refractivity contribution in [1.82, 2.24) is 0 Å². The van der Waals surface area contributed by atoms with Crippen LogP contribution in [0, 0.1) is 5.92 Å². The van der Waals surface area contributed by atoms with Gasteiger partial charge in [-0.1, -0.05) is 22.9 Å². The van der Waals surface area contributed by atoms with Gasteiger partial charge in [0.2, 0.25) is 0 Å². The Morgan fingerprint density at radius 1 is 1.75 bits per heavy atom. The molecule has 0 fully saturated rings. The van der Waals surface area contributed by atoms with Crippen molar-refractivity contribution < 1.29 is 4.21 Å². The third-order valence-corrected chi connectivity index (χ3v) is 4.83. The molecule has 2 atom stereocenters. The summed E-state index contributed by atoms with van der Waals surface area (Å²) in [5.41, 5.74) is 0. The summed E-state index contributed by atoms with van der Waals surface area (Å²) < 4.78 is 13.7. The van der Waals surface area contributed by atoms with Gasteiger partial charge in [-0.05, 0) is 45.5 Å². The summed E-state index contributed by atoms with van der Waals surface area (Å²) in [6.07, 6.45) is 4.77. The van der Waals surface area contributed by atoms with E-state index in [-0.39, 0.29) is 0 Å². The minimum Gasteiger partial charge on any atom is -0.255 e. The molecule has 68 valence electrons. The van der Waals surface area contributed by atoms with E-state index in [1.54, 1.807) is 6.26 Å². The summed E-state index contributed by atoms with van der Waals surface area (Å²) in [6, 6.07) is 0. The van der Waals surface area contributed by atoms with Crippen LogP contribution in [0.2, 0.25) is 0 Å². The Kier molecular flexibility index (Phi) is 3.98. The van der Waals surface area contributed by atoms with E-state index in [1.807, 2.05) is 0 Å². The number of hydrogen-bond donors (Lipinski definition) is 0. The van der Waals surface area contributed by atoms with Crippen molar-refractivity contribution in [2.24, 2.45) is 5.92 Å². The highest BCUT2D eigenvalue weighted by molar-refractivity contribution is 14.1. The van der Waals surface area contributed by atoms with Crippen LogP contribution in [0.3, 0.4) is 0 Å². The fourth-order valence-corrected chi connectivity index (χ4v) is 5.27. The van der Waals surface area contributed by atoms with Gasteiger partial charge in [-0.2, -0.15) is 0 Å². The average Bonchev–Trinajstić information content (AvgIpc) is 1.82. The zero-order chi connectivity index (χ0) is 9.30. The van der Waals surface area contributed by atoms with E-state index in [9.17, 15) is 4.21 Å². The average molecular weight is 361 g/mol. The minimum absolute atomic E-state index is 0.405. The Hall–Kier alpha value is 0.840. The second-order valence-corrected chi connectivity index (χ2v) is 6.39. The summed E-state index contributed by atoms with van der Waals surface area (Å²) in [5.74, 6) is 0.405. The van der Waals surface area contributed by atoms with Gasteiger partial charge in [0.1, 0.15) is 0 Å². The highest BCUT2D eigenvalue weighted by Crippen LogP contribution is 2.36. The molecule has 12 heavy (non-hydrogen) atoms. The molecular weight excluding hydrogens is 351 g/mol. The van der Waals surface area contributed by atoms with Gasteiger partial charge in [-0.25, -0.2) is 0 Å². The molecule has 0 saturated carbocycles. The van der Waals surface area contributed by atoms with Crippen molar-refractivity contribution in [3.63, 3.8) is 0 Å². The first-order valence-electron chi connectivity index (χ1n) is 3.61. The van der Waals surface area contributed by atoms with Gasteiger partial charge in [0, 0.05) is 25.5 Å². The largest absolute Gasteiger partial charge is 0.255 e. The molecule has 0 amide bonds. The molecule has 0 aliphatic heterocycles. The normalized spacial score (nSPS) is 27.0. The zero-order valence-electron chi connectivity index (χ0n) is 6.93. The van der Waals surface area contributed by atoms with Crippen LogP contribution >= 0.6 is 38.5 Å². The molecule has 1 nitrogen and oxygen atoms in total. The molecule has 0 radical (unpaired) electrons. The number of rotatable bonds is 1. The summed E-state index contributed by atoms with van der Waals surface area (Å²) >= 11 is 5.71. The first kappa shape index (κ1) is 10.9. The molecule has 0 bridgehead atoms. The maximum Gasteiger partial charge on any atom is 0.0470 e. The molecule has 2 unspecified atom stereocenters. The van der Waals surface area contributed by atoms with E-state index in [1.165, 1.54) is 4.48 Å². The summed E-state index contributed by atoms with van der Waals surface area (Å²) in [5, 5.41) is 0. The van der Waals surface area contributed by atoms with Crippen LogP contribution in [0.4, 0.5) is 0 Å². The SMILES string of the molecule is CC1CC(Br)=CC(I)=C1S(C)=O. The van der Waals surface area contributed by atoms with E-state index in [4.69, 9.17) is 0 Å². The van der Waals surface area contributed by atoms with E-state index in [0.29, 0.717) is 5.92 Å². The lowest BCUT2D eigenvalue weighted by Crippen LogP contribution is -2.09. The molecule has 1 rings (SSSR count). The Bertz CT molecular complexity index is 283. The molecule has 0 aromatic heterocycles. The number of halogens is 2. The predicted octanol–water partition coefficient (Wildman–Crippen LogP) is 3.33. The van der Waals surface area contributed by atoms with E-state index in [0.717, 1.165) is 14.9 Å². The third-order valence-electron chi connectivity index (χ3n) is 1.78. The molecule has 1 aliphatic carbocycles. The molecule has 0 N–H and O–H groups in total. The topological polar surface area (TPSA) is 17.1 Å². The van der Waals surface area contributed by atoms with Gasteiger partial charge in [-0.15, -0.1) is 0 Å². The highest BCUT2D eigenvalue weighted by Gasteiger charge is 2.20. The van der Waals surface area contributed by atoms with Crippen molar-refractivity contribution in [2.75, 3.05) is 6.26 Å². The van der Waals surface area contributed by atoms with E-state index in [2.05, 4.69) is 51.5 Å². The molecule has 0 heterocycles. The third kappa shape index (κ3) is 2.42. The van der Waals surface area contributed by atoms with Gasteiger partial charge in [0.15, 0.2) is 0 Å². The zero-order valence-corrected chi connectivity index (χ0v) is 11.5. The number of hydrogen-bond acceptors (Lipinski definition) is 1. The van der Waals surface area contributed by atoms with Gasteiger partial charge in [-0.3, -0.25) is 4.21 Å². The fraction of sp³-hybridized carbons (Fsp3) is 0.500. The smallest absolute Gasteiger partial charge is 0.0470 e. The Balaban J connectivity index is 3.08. The first-order chi connectivity index (χ1) is 5.52. The quantitative estimate of drug-likeness (QED) is 0.655. The van der Waals surface area contributed by atoms with Crippen LogP contribution < -0.4 is 0 Å². The lowest BCUT2D eigenvalue weighted by molar-refractivity contribution is 0.671. The monoisotopic (exact) mass is 360 g/mol. The van der Waals surface area contributed by atoms with Crippen LogP contribution in [-0.2, 0) is 10.8 Å². The van der Waals surface area contributed by atoms with Crippen molar-refractivity contribution >= 4 is 49.3 Å². The lowest BCUT2D eigenvalue weighted by atomic mass is 10.0. The molecule has 0 aromatic rings. The van der Waals surface area contributed by atoms with Crippen LogP contribution in [0.1, 0.15) is 13.3 Å². The van der Waals surface area contributed by atoms with Crippen LogP contribution in [0.15, 0.2) is 19.0 Å². The van der Waals surface area contributed by atoms with E-state index < -0.39 is 10.8 Å². The molecule has 0 saturated heterocycles. The summed E-state index contributed by atoms with van der Waals surface area (Å²) in [4.78, 5) is 1.08.